The van der Waals surface area contributed by atoms with Gasteiger partial charge >= 0.3 is 13.8 Å². The molecule has 9 heteroatoms. The Bertz CT molecular complexity index is 895. The molecule has 306 valence electrons. The summed E-state index contributed by atoms with van der Waals surface area (Å²) in [4.78, 5) is 22.4. The summed E-state index contributed by atoms with van der Waals surface area (Å²) < 4.78 is 33.4. The number of unbranched alkanes of at least 4 members (excludes halogenated alkanes) is 22. The number of phosphoric acid groups is 1. The van der Waals surface area contributed by atoms with Crippen molar-refractivity contribution in [3.8, 4) is 0 Å². The molecule has 0 amide bonds. The molecule has 2 unspecified atom stereocenters. The first-order chi connectivity index (χ1) is 25.4. The zero-order valence-electron chi connectivity index (χ0n) is 33.8. The molecule has 0 rings (SSSR count). The summed E-state index contributed by atoms with van der Waals surface area (Å²) in [7, 11) is -4.27. The van der Waals surface area contributed by atoms with Crippen molar-refractivity contribution < 1.29 is 32.8 Å². The van der Waals surface area contributed by atoms with Crippen LogP contribution in [0.2, 0.25) is 0 Å². The average molecular weight is 756 g/mol. The van der Waals surface area contributed by atoms with Gasteiger partial charge < -0.3 is 20.1 Å². The molecule has 8 nitrogen and oxygen atoms in total. The number of ether oxygens (including phenoxy) is 2. The average Bonchev–Trinajstić information content (AvgIpc) is 3.13. The van der Waals surface area contributed by atoms with Gasteiger partial charge in [0, 0.05) is 19.6 Å². The van der Waals surface area contributed by atoms with Crippen LogP contribution in [0.4, 0.5) is 0 Å². The quantitative estimate of drug-likeness (QED) is 0.0274. The SMILES string of the molecule is CCCC/C=C\CCCCCCCC(=O)OC(COCCCCCCCCCCCC/C=C\C/C=C\CCCCCCC)COP(=O)(O)OCCN. The Morgan fingerprint density at radius 2 is 1.04 bits per heavy atom. The summed E-state index contributed by atoms with van der Waals surface area (Å²) in [6.07, 6.45) is 46.0. The predicted octanol–water partition coefficient (Wildman–Crippen LogP) is 12.6. The normalized spacial score (nSPS) is 13.8. The van der Waals surface area contributed by atoms with Gasteiger partial charge in [0.05, 0.1) is 19.8 Å². The summed E-state index contributed by atoms with van der Waals surface area (Å²) in [6.45, 7) is 4.86. The molecule has 0 fully saturated rings. The summed E-state index contributed by atoms with van der Waals surface area (Å²) in [6, 6.07) is 0. The van der Waals surface area contributed by atoms with Crippen molar-refractivity contribution in [2.75, 3.05) is 33.0 Å². The van der Waals surface area contributed by atoms with Crippen LogP contribution in [0.15, 0.2) is 36.5 Å². The molecule has 0 aliphatic carbocycles. The van der Waals surface area contributed by atoms with Crippen molar-refractivity contribution in [1.29, 1.82) is 0 Å². The van der Waals surface area contributed by atoms with E-state index in [1.807, 2.05) is 0 Å². The number of hydrogen-bond donors (Lipinski definition) is 2. The third-order valence-corrected chi connectivity index (χ3v) is 10.0. The highest BCUT2D eigenvalue weighted by Crippen LogP contribution is 2.43. The van der Waals surface area contributed by atoms with Crippen molar-refractivity contribution in [2.24, 2.45) is 5.73 Å². The maximum absolute atomic E-state index is 12.5. The molecule has 2 atom stereocenters. The Hall–Kier alpha value is -1.28. The van der Waals surface area contributed by atoms with Crippen molar-refractivity contribution in [3.05, 3.63) is 36.5 Å². The second kappa shape index (κ2) is 40.9. The Morgan fingerprint density at radius 3 is 1.58 bits per heavy atom. The zero-order valence-corrected chi connectivity index (χ0v) is 34.7. The smallest absolute Gasteiger partial charge is 0.457 e. The van der Waals surface area contributed by atoms with Crippen LogP contribution in [0.25, 0.3) is 0 Å². The lowest BCUT2D eigenvalue weighted by Crippen LogP contribution is -2.28. The first kappa shape index (κ1) is 50.7. The van der Waals surface area contributed by atoms with Crippen LogP contribution in [0.1, 0.15) is 194 Å². The number of rotatable bonds is 41. The number of allylic oxidation sites excluding steroid dienone is 6. The third kappa shape index (κ3) is 39.9. The number of phosphoric ester groups is 1. The third-order valence-electron chi connectivity index (χ3n) is 9.03. The first-order valence-corrected chi connectivity index (χ1v) is 23.0. The molecule has 0 saturated carbocycles. The highest BCUT2D eigenvalue weighted by Gasteiger charge is 2.25. The van der Waals surface area contributed by atoms with Crippen LogP contribution in [-0.2, 0) is 27.9 Å². The van der Waals surface area contributed by atoms with Crippen LogP contribution in [0.5, 0.6) is 0 Å². The fourth-order valence-electron chi connectivity index (χ4n) is 5.83. The van der Waals surface area contributed by atoms with Crippen LogP contribution >= 0.6 is 7.82 Å². The van der Waals surface area contributed by atoms with E-state index in [2.05, 4.69) is 50.3 Å². The number of carbonyl (C=O) groups excluding carboxylic acids is 1. The van der Waals surface area contributed by atoms with Gasteiger partial charge in [-0.2, -0.15) is 0 Å². The van der Waals surface area contributed by atoms with E-state index >= 15 is 0 Å². The molecule has 52 heavy (non-hydrogen) atoms. The van der Waals surface area contributed by atoms with E-state index in [0.717, 1.165) is 51.4 Å². The number of carbonyl (C=O) groups is 1. The van der Waals surface area contributed by atoms with E-state index in [1.165, 1.54) is 122 Å². The maximum Gasteiger partial charge on any atom is 0.472 e. The fraction of sp³-hybridized carbons (Fsp3) is 0.837. The van der Waals surface area contributed by atoms with E-state index in [4.69, 9.17) is 24.3 Å². The summed E-state index contributed by atoms with van der Waals surface area (Å²) in [5, 5.41) is 0. The Kier molecular flexibility index (Phi) is 39.9. The summed E-state index contributed by atoms with van der Waals surface area (Å²) in [5.74, 6) is -0.342. The number of esters is 1. The molecule has 0 aromatic carbocycles. The van der Waals surface area contributed by atoms with Gasteiger partial charge in [-0.25, -0.2) is 4.57 Å². The van der Waals surface area contributed by atoms with E-state index in [-0.39, 0.29) is 32.3 Å². The molecule has 0 aromatic rings. The molecular weight excluding hydrogens is 673 g/mol. The van der Waals surface area contributed by atoms with Gasteiger partial charge in [-0.1, -0.05) is 159 Å². The second-order valence-corrected chi connectivity index (χ2v) is 15.7. The van der Waals surface area contributed by atoms with E-state index in [0.29, 0.717) is 13.0 Å². The zero-order chi connectivity index (χ0) is 38.1. The highest BCUT2D eigenvalue weighted by molar-refractivity contribution is 7.47. The lowest BCUT2D eigenvalue weighted by molar-refractivity contribution is -0.154. The van der Waals surface area contributed by atoms with E-state index in [9.17, 15) is 14.3 Å². The van der Waals surface area contributed by atoms with Gasteiger partial charge in [-0.05, 0) is 64.2 Å². The van der Waals surface area contributed by atoms with Crippen LogP contribution < -0.4 is 5.73 Å². The molecule has 3 N–H and O–H groups in total. The minimum atomic E-state index is -4.27. The fourth-order valence-corrected chi connectivity index (χ4v) is 6.60. The van der Waals surface area contributed by atoms with Crippen molar-refractivity contribution >= 4 is 13.8 Å². The molecule has 0 radical (unpaired) electrons. The molecule has 0 aliphatic rings. The van der Waals surface area contributed by atoms with Crippen LogP contribution in [0, 0.1) is 0 Å². The van der Waals surface area contributed by atoms with Crippen molar-refractivity contribution in [2.45, 2.75) is 200 Å². The molecule has 0 spiro atoms. The predicted molar refractivity (Wildman–Crippen MR) is 220 cm³/mol. The highest BCUT2D eigenvalue weighted by atomic mass is 31.2. The lowest BCUT2D eigenvalue weighted by Gasteiger charge is -2.20. The largest absolute Gasteiger partial charge is 0.472 e. The van der Waals surface area contributed by atoms with Gasteiger partial charge in [0.1, 0.15) is 6.10 Å². The van der Waals surface area contributed by atoms with Crippen LogP contribution in [-0.4, -0.2) is 49.9 Å². The molecule has 0 saturated heterocycles. The Balaban J connectivity index is 3.96. The van der Waals surface area contributed by atoms with E-state index < -0.39 is 13.9 Å². The van der Waals surface area contributed by atoms with Gasteiger partial charge in [0.25, 0.3) is 0 Å². The molecule has 0 aromatic heterocycles. The molecule has 0 aliphatic heterocycles. The summed E-state index contributed by atoms with van der Waals surface area (Å²) >= 11 is 0. The Morgan fingerprint density at radius 1 is 0.577 bits per heavy atom. The van der Waals surface area contributed by atoms with Crippen molar-refractivity contribution in [3.63, 3.8) is 0 Å². The van der Waals surface area contributed by atoms with Crippen molar-refractivity contribution in [1.82, 2.24) is 0 Å². The number of nitrogens with two attached hydrogens (primary N) is 1. The van der Waals surface area contributed by atoms with Gasteiger partial charge in [-0.3, -0.25) is 13.8 Å². The Labute approximate surface area is 320 Å². The van der Waals surface area contributed by atoms with Gasteiger partial charge in [0.15, 0.2) is 0 Å². The second-order valence-electron chi connectivity index (χ2n) is 14.2. The molecule has 0 bridgehead atoms. The molecule has 0 heterocycles. The standard InChI is InChI=1S/C43H82NO7P/c1-3-5-7-9-11-13-15-16-17-18-19-20-21-22-23-24-25-27-29-31-33-35-38-48-40-42(41-50-52(46,47)49-39-37-44)51-43(45)36-34-32-30-28-26-14-12-10-8-6-4-2/h10,12,15-16,18-19,42H,3-9,11,13-14,17,20-41,44H2,1-2H3,(H,46,47)/b12-10-,16-15-,19-18-. The monoisotopic (exact) mass is 756 g/mol. The molecular formula is C43H82NO7P. The van der Waals surface area contributed by atoms with Gasteiger partial charge in [0.2, 0.25) is 0 Å². The summed E-state index contributed by atoms with van der Waals surface area (Å²) in [5.41, 5.74) is 5.36. The minimum absolute atomic E-state index is 0.0977. The topological polar surface area (TPSA) is 117 Å². The van der Waals surface area contributed by atoms with Crippen LogP contribution in [0.3, 0.4) is 0 Å². The van der Waals surface area contributed by atoms with Gasteiger partial charge in [-0.15, -0.1) is 0 Å². The number of hydrogen-bond acceptors (Lipinski definition) is 7. The minimum Gasteiger partial charge on any atom is -0.457 e. The lowest BCUT2D eigenvalue weighted by atomic mass is 10.1. The maximum atomic E-state index is 12.5. The van der Waals surface area contributed by atoms with E-state index in [1.54, 1.807) is 0 Å². The first-order valence-electron chi connectivity index (χ1n) is 21.5.